The molecule has 120 valence electrons. The van der Waals surface area contributed by atoms with E-state index in [2.05, 4.69) is 10.9 Å². The number of benzene rings is 2. The highest BCUT2D eigenvalue weighted by Crippen LogP contribution is 2.20. The average molecular weight is 312 g/mol. The maximum Gasteiger partial charge on any atom is 0.269 e. The Morgan fingerprint density at radius 3 is 2.22 bits per heavy atom. The van der Waals surface area contributed by atoms with Crippen molar-refractivity contribution in [3.8, 4) is 11.5 Å². The van der Waals surface area contributed by atoms with E-state index >= 15 is 0 Å². The van der Waals surface area contributed by atoms with E-state index in [1.54, 1.807) is 24.3 Å². The van der Waals surface area contributed by atoms with Crippen molar-refractivity contribution in [1.29, 1.82) is 0 Å². The molecule has 0 atom stereocenters. The largest absolute Gasteiger partial charge is 0.457 e. The van der Waals surface area contributed by atoms with Crippen LogP contribution in [0.15, 0.2) is 54.6 Å². The van der Waals surface area contributed by atoms with Gasteiger partial charge >= 0.3 is 0 Å². The van der Waals surface area contributed by atoms with Crippen LogP contribution in [0.5, 0.6) is 11.5 Å². The molecule has 2 amide bonds. The summed E-state index contributed by atoms with van der Waals surface area (Å²) in [5, 5.41) is 0. The van der Waals surface area contributed by atoms with Crippen molar-refractivity contribution in [2.75, 3.05) is 0 Å². The molecular weight excluding hydrogens is 292 g/mol. The summed E-state index contributed by atoms with van der Waals surface area (Å²) >= 11 is 0. The number of amides is 2. The molecule has 2 N–H and O–H groups in total. The molecule has 0 spiro atoms. The van der Waals surface area contributed by atoms with Crippen LogP contribution in [0.3, 0.4) is 0 Å². The predicted octanol–water partition coefficient (Wildman–Crippen LogP) is 3.43. The average Bonchev–Trinajstić information content (AvgIpc) is 2.59. The first-order valence-corrected chi connectivity index (χ1v) is 7.61. The molecule has 23 heavy (non-hydrogen) atoms. The molecule has 0 bridgehead atoms. The van der Waals surface area contributed by atoms with Crippen LogP contribution < -0.4 is 15.6 Å². The molecule has 0 saturated carbocycles. The minimum Gasteiger partial charge on any atom is -0.457 e. The Morgan fingerprint density at radius 2 is 1.57 bits per heavy atom. The lowest BCUT2D eigenvalue weighted by atomic mass is 10.2. The smallest absolute Gasteiger partial charge is 0.269 e. The number of nitrogens with one attached hydrogen (secondary N) is 2. The van der Waals surface area contributed by atoms with Gasteiger partial charge in [0.15, 0.2) is 0 Å². The molecule has 2 aromatic rings. The Kier molecular flexibility index (Phi) is 6.17. The third kappa shape index (κ3) is 5.47. The van der Waals surface area contributed by atoms with Crippen LogP contribution in [-0.2, 0) is 4.79 Å². The first-order valence-electron chi connectivity index (χ1n) is 7.61. The fourth-order valence-corrected chi connectivity index (χ4v) is 1.90. The van der Waals surface area contributed by atoms with Crippen molar-refractivity contribution in [1.82, 2.24) is 10.9 Å². The fourth-order valence-electron chi connectivity index (χ4n) is 1.90. The molecule has 5 heteroatoms. The predicted molar refractivity (Wildman–Crippen MR) is 88.1 cm³/mol. The van der Waals surface area contributed by atoms with E-state index in [0.29, 0.717) is 17.7 Å². The number of hydrogen-bond acceptors (Lipinski definition) is 3. The lowest BCUT2D eigenvalue weighted by Gasteiger charge is -2.08. The number of carbonyl (C=O) groups excluding carboxylic acids is 2. The van der Waals surface area contributed by atoms with E-state index < -0.39 is 0 Å². The minimum absolute atomic E-state index is 0.191. The molecule has 0 unspecified atom stereocenters. The van der Waals surface area contributed by atoms with Gasteiger partial charge in [0, 0.05) is 12.0 Å². The molecule has 0 aliphatic carbocycles. The van der Waals surface area contributed by atoms with Gasteiger partial charge in [-0.1, -0.05) is 31.5 Å². The van der Waals surface area contributed by atoms with Gasteiger partial charge in [0.25, 0.3) is 5.91 Å². The van der Waals surface area contributed by atoms with Crippen molar-refractivity contribution >= 4 is 11.8 Å². The summed E-state index contributed by atoms with van der Waals surface area (Å²) < 4.78 is 5.65. The van der Waals surface area contributed by atoms with Crippen molar-refractivity contribution in [3.63, 3.8) is 0 Å². The summed E-state index contributed by atoms with van der Waals surface area (Å²) in [5.74, 6) is 0.818. The molecule has 0 heterocycles. The van der Waals surface area contributed by atoms with E-state index in [1.807, 2.05) is 37.3 Å². The van der Waals surface area contributed by atoms with Gasteiger partial charge in [0.2, 0.25) is 5.91 Å². The maximum absolute atomic E-state index is 11.9. The summed E-state index contributed by atoms with van der Waals surface area (Å²) in [6, 6.07) is 16.1. The molecule has 0 aliphatic heterocycles. The maximum atomic E-state index is 11.9. The zero-order valence-corrected chi connectivity index (χ0v) is 13.0. The lowest BCUT2D eigenvalue weighted by Crippen LogP contribution is -2.41. The van der Waals surface area contributed by atoms with E-state index in [4.69, 9.17) is 4.74 Å². The molecule has 0 fully saturated rings. The standard InChI is InChI=1S/C18H20N2O3/c1-2-3-9-17(21)19-20-18(22)14-10-12-16(13-11-14)23-15-7-5-4-6-8-15/h4-8,10-13H,2-3,9H2,1H3,(H,19,21)(H,20,22). The van der Waals surface area contributed by atoms with Gasteiger partial charge in [-0.05, 0) is 42.8 Å². The van der Waals surface area contributed by atoms with Gasteiger partial charge in [-0.2, -0.15) is 0 Å². The molecular formula is C18H20N2O3. The minimum atomic E-state index is -0.360. The number of para-hydroxylation sites is 1. The van der Waals surface area contributed by atoms with Crippen LogP contribution in [0.2, 0.25) is 0 Å². The highest BCUT2D eigenvalue weighted by Gasteiger charge is 2.07. The van der Waals surface area contributed by atoms with E-state index in [-0.39, 0.29) is 11.8 Å². The third-order valence-corrected chi connectivity index (χ3v) is 3.17. The van der Waals surface area contributed by atoms with Crippen LogP contribution >= 0.6 is 0 Å². The lowest BCUT2D eigenvalue weighted by molar-refractivity contribution is -0.121. The summed E-state index contributed by atoms with van der Waals surface area (Å²) in [4.78, 5) is 23.4. The molecule has 2 rings (SSSR count). The van der Waals surface area contributed by atoms with Crippen LogP contribution in [0.1, 0.15) is 36.5 Å². The molecule has 0 saturated heterocycles. The van der Waals surface area contributed by atoms with Gasteiger partial charge in [-0.3, -0.25) is 20.4 Å². The van der Waals surface area contributed by atoms with Gasteiger partial charge < -0.3 is 4.74 Å². The number of ether oxygens (including phenoxy) is 1. The van der Waals surface area contributed by atoms with E-state index in [0.717, 1.165) is 18.6 Å². The molecule has 0 aliphatic rings. The van der Waals surface area contributed by atoms with Crippen molar-refractivity contribution in [3.05, 3.63) is 60.2 Å². The quantitative estimate of drug-likeness (QED) is 0.803. The van der Waals surface area contributed by atoms with Gasteiger partial charge in [-0.15, -0.1) is 0 Å². The summed E-state index contributed by atoms with van der Waals surface area (Å²) in [5.41, 5.74) is 5.24. The van der Waals surface area contributed by atoms with Crippen LogP contribution in [-0.4, -0.2) is 11.8 Å². The van der Waals surface area contributed by atoms with Crippen molar-refractivity contribution in [2.45, 2.75) is 26.2 Å². The highest BCUT2D eigenvalue weighted by molar-refractivity contribution is 5.95. The van der Waals surface area contributed by atoms with E-state index in [1.165, 1.54) is 0 Å². The number of rotatable bonds is 6. The second-order valence-corrected chi connectivity index (χ2v) is 5.05. The van der Waals surface area contributed by atoms with E-state index in [9.17, 15) is 9.59 Å². The zero-order chi connectivity index (χ0) is 16.5. The number of hydrogen-bond donors (Lipinski definition) is 2. The SMILES string of the molecule is CCCCC(=O)NNC(=O)c1ccc(Oc2ccccc2)cc1. The number of unbranched alkanes of at least 4 members (excludes halogenated alkanes) is 1. The van der Waals surface area contributed by atoms with Gasteiger partial charge in [0.1, 0.15) is 11.5 Å². The first-order chi connectivity index (χ1) is 11.2. The van der Waals surface area contributed by atoms with Crippen LogP contribution in [0.4, 0.5) is 0 Å². The molecule has 0 radical (unpaired) electrons. The summed E-state index contributed by atoms with van der Waals surface area (Å²) in [6.45, 7) is 2.00. The Morgan fingerprint density at radius 1 is 0.913 bits per heavy atom. The Labute approximate surface area is 135 Å². The fraction of sp³-hybridized carbons (Fsp3) is 0.222. The summed E-state index contributed by atoms with van der Waals surface area (Å²) in [7, 11) is 0. The normalized spacial score (nSPS) is 9.96. The Bertz CT molecular complexity index is 639. The number of hydrazine groups is 1. The number of carbonyl (C=O) groups is 2. The molecule has 0 aromatic heterocycles. The second kappa shape index (κ2) is 8.58. The third-order valence-electron chi connectivity index (χ3n) is 3.17. The molecule has 2 aromatic carbocycles. The second-order valence-electron chi connectivity index (χ2n) is 5.05. The van der Waals surface area contributed by atoms with Gasteiger partial charge in [0.05, 0.1) is 0 Å². The Balaban J connectivity index is 1.86. The summed E-state index contributed by atoms with van der Waals surface area (Å²) in [6.07, 6.45) is 2.14. The first kappa shape index (κ1) is 16.5. The Hall–Kier alpha value is -2.82. The highest BCUT2D eigenvalue weighted by atomic mass is 16.5. The topological polar surface area (TPSA) is 67.4 Å². The van der Waals surface area contributed by atoms with Crippen molar-refractivity contribution < 1.29 is 14.3 Å². The zero-order valence-electron chi connectivity index (χ0n) is 13.0. The van der Waals surface area contributed by atoms with Crippen molar-refractivity contribution in [2.24, 2.45) is 0 Å². The monoisotopic (exact) mass is 312 g/mol. The molecule has 5 nitrogen and oxygen atoms in total. The van der Waals surface area contributed by atoms with Crippen LogP contribution in [0.25, 0.3) is 0 Å². The van der Waals surface area contributed by atoms with Crippen LogP contribution in [0, 0.1) is 0 Å². The van der Waals surface area contributed by atoms with Gasteiger partial charge in [-0.25, -0.2) is 0 Å².